The molecule has 4 atom stereocenters. The lowest BCUT2D eigenvalue weighted by Gasteiger charge is -2.20. The van der Waals surface area contributed by atoms with Crippen molar-refractivity contribution in [3.8, 4) is 0 Å². The molecular formula is C8H11NO4. The highest BCUT2D eigenvalue weighted by Gasteiger charge is 2.69. The van der Waals surface area contributed by atoms with Crippen molar-refractivity contribution in [1.29, 1.82) is 0 Å². The molecule has 2 aliphatic rings. The van der Waals surface area contributed by atoms with Crippen molar-refractivity contribution < 1.29 is 19.8 Å². The molecule has 4 N–H and O–H groups in total. The molecule has 0 radical (unpaired) electrons. The quantitative estimate of drug-likeness (QED) is 0.539. The molecule has 5 nitrogen and oxygen atoms in total. The largest absolute Gasteiger partial charge is 0.481 e. The van der Waals surface area contributed by atoms with Gasteiger partial charge in [-0.1, -0.05) is 0 Å². The van der Waals surface area contributed by atoms with Gasteiger partial charge in [-0.05, 0) is 18.8 Å². The van der Waals surface area contributed by atoms with Gasteiger partial charge in [-0.2, -0.15) is 0 Å². The molecule has 2 aliphatic carbocycles. The normalized spacial score (nSPS) is 47.0. The minimum atomic E-state index is -1.28. The molecule has 72 valence electrons. The summed E-state index contributed by atoms with van der Waals surface area (Å²) < 4.78 is 0. The lowest BCUT2D eigenvalue weighted by Crippen LogP contribution is -2.49. The molecule has 5 heteroatoms. The second-order valence-electron chi connectivity index (χ2n) is 3.94. The van der Waals surface area contributed by atoms with Crippen LogP contribution < -0.4 is 5.73 Å². The van der Waals surface area contributed by atoms with E-state index < -0.39 is 23.4 Å². The van der Waals surface area contributed by atoms with E-state index in [0.29, 0.717) is 12.8 Å². The maximum absolute atomic E-state index is 10.8. The van der Waals surface area contributed by atoms with Gasteiger partial charge in [-0.25, -0.2) is 0 Å². The summed E-state index contributed by atoms with van der Waals surface area (Å²) in [4.78, 5) is 21.4. The number of fused-ring (bicyclic) bond motifs is 1. The van der Waals surface area contributed by atoms with Crippen LogP contribution in [-0.4, -0.2) is 27.7 Å². The Labute approximate surface area is 74.5 Å². The van der Waals surface area contributed by atoms with Gasteiger partial charge in [-0.15, -0.1) is 0 Å². The summed E-state index contributed by atoms with van der Waals surface area (Å²) in [6.07, 6.45) is 1.03. The Bertz CT molecular complexity index is 290. The molecule has 0 heterocycles. The summed E-state index contributed by atoms with van der Waals surface area (Å²) in [5.41, 5.74) is 4.37. The molecule has 0 aliphatic heterocycles. The van der Waals surface area contributed by atoms with E-state index in [-0.39, 0.29) is 11.8 Å². The minimum absolute atomic E-state index is 0.00130. The Morgan fingerprint density at radius 2 is 2.00 bits per heavy atom. The fourth-order valence-corrected chi connectivity index (χ4v) is 2.59. The van der Waals surface area contributed by atoms with E-state index in [4.69, 9.17) is 15.9 Å². The lowest BCUT2D eigenvalue weighted by atomic mass is 9.92. The summed E-state index contributed by atoms with van der Waals surface area (Å²) in [5, 5.41) is 17.6. The number of aliphatic carboxylic acids is 2. The Balaban J connectivity index is 2.20. The van der Waals surface area contributed by atoms with Crippen LogP contribution in [0.1, 0.15) is 12.8 Å². The van der Waals surface area contributed by atoms with E-state index >= 15 is 0 Å². The molecule has 2 rings (SSSR count). The molecule has 2 saturated carbocycles. The second kappa shape index (κ2) is 2.23. The maximum atomic E-state index is 10.8. The van der Waals surface area contributed by atoms with E-state index in [1.165, 1.54) is 0 Å². The van der Waals surface area contributed by atoms with E-state index in [2.05, 4.69) is 0 Å². The van der Waals surface area contributed by atoms with Crippen LogP contribution in [0.3, 0.4) is 0 Å². The number of carbonyl (C=O) groups is 2. The van der Waals surface area contributed by atoms with Crippen molar-refractivity contribution in [3.05, 3.63) is 0 Å². The van der Waals surface area contributed by atoms with Gasteiger partial charge in [0.25, 0.3) is 0 Å². The smallest absolute Gasteiger partial charge is 0.324 e. The van der Waals surface area contributed by atoms with Crippen molar-refractivity contribution in [2.45, 2.75) is 18.4 Å². The van der Waals surface area contributed by atoms with Gasteiger partial charge in [-0.3, -0.25) is 9.59 Å². The summed E-state index contributed by atoms with van der Waals surface area (Å²) in [5.74, 6) is -2.84. The Kier molecular flexibility index (Phi) is 1.46. The second-order valence-corrected chi connectivity index (χ2v) is 3.94. The standard InChI is InChI=1S/C8H11NO4/c9-8(7(12)13)2-1-3-4(5(3)8)6(10)11/h3-5H,1-2,9H2,(H,10,11)(H,12,13)/t3?,4-,5?,8-/m0/s1. The molecule has 0 saturated heterocycles. The average molecular weight is 185 g/mol. The first-order valence-corrected chi connectivity index (χ1v) is 4.23. The molecule has 0 aromatic heterocycles. The van der Waals surface area contributed by atoms with Crippen molar-refractivity contribution >= 4 is 11.9 Å². The molecule has 0 aromatic carbocycles. The SMILES string of the molecule is N[C@@]1(C(=O)O)CCC2C1[C@H]2C(=O)O. The summed E-state index contributed by atoms with van der Waals surface area (Å²) in [6, 6.07) is 0. The molecule has 0 bridgehead atoms. The first-order valence-electron chi connectivity index (χ1n) is 4.23. The molecule has 0 spiro atoms. The van der Waals surface area contributed by atoms with Crippen LogP contribution in [0.5, 0.6) is 0 Å². The van der Waals surface area contributed by atoms with Crippen LogP contribution in [0, 0.1) is 17.8 Å². The van der Waals surface area contributed by atoms with Crippen LogP contribution in [-0.2, 0) is 9.59 Å². The first-order chi connectivity index (χ1) is 5.98. The molecule has 0 amide bonds. The topological polar surface area (TPSA) is 101 Å². The Hall–Kier alpha value is -1.10. The number of nitrogens with two attached hydrogens (primary N) is 1. The lowest BCUT2D eigenvalue weighted by molar-refractivity contribution is -0.145. The van der Waals surface area contributed by atoms with Gasteiger partial charge in [0.05, 0.1) is 5.92 Å². The van der Waals surface area contributed by atoms with E-state index in [1.807, 2.05) is 0 Å². The van der Waals surface area contributed by atoms with Crippen molar-refractivity contribution in [2.75, 3.05) is 0 Å². The van der Waals surface area contributed by atoms with Gasteiger partial charge >= 0.3 is 11.9 Å². The van der Waals surface area contributed by atoms with Gasteiger partial charge in [0.1, 0.15) is 5.54 Å². The first kappa shape index (κ1) is 8.50. The summed E-state index contributed by atoms with van der Waals surface area (Å²) in [7, 11) is 0. The number of carboxylic acid groups (broad SMARTS) is 2. The van der Waals surface area contributed by atoms with Crippen molar-refractivity contribution in [3.63, 3.8) is 0 Å². The third-order valence-electron chi connectivity index (χ3n) is 3.34. The molecule has 13 heavy (non-hydrogen) atoms. The zero-order chi connectivity index (χ0) is 9.80. The zero-order valence-corrected chi connectivity index (χ0v) is 6.93. The fourth-order valence-electron chi connectivity index (χ4n) is 2.59. The molecular weight excluding hydrogens is 174 g/mol. The predicted octanol–water partition coefficient (Wildman–Crippen LogP) is -0.491. The fraction of sp³-hybridized carbons (Fsp3) is 0.750. The van der Waals surface area contributed by atoms with Crippen molar-refractivity contribution in [2.24, 2.45) is 23.5 Å². The third-order valence-corrected chi connectivity index (χ3v) is 3.34. The molecule has 2 fully saturated rings. The van der Waals surface area contributed by atoms with Crippen LogP contribution in [0.15, 0.2) is 0 Å². The highest BCUT2D eigenvalue weighted by molar-refractivity contribution is 5.85. The average Bonchev–Trinajstić information content (AvgIpc) is 2.66. The summed E-state index contributed by atoms with van der Waals surface area (Å²) in [6.45, 7) is 0. The maximum Gasteiger partial charge on any atom is 0.324 e. The highest BCUT2D eigenvalue weighted by atomic mass is 16.4. The monoisotopic (exact) mass is 185 g/mol. The molecule has 0 aromatic rings. The van der Waals surface area contributed by atoms with Gasteiger partial charge in [0, 0.05) is 5.92 Å². The van der Waals surface area contributed by atoms with Crippen LogP contribution in [0.2, 0.25) is 0 Å². The molecule has 2 unspecified atom stereocenters. The van der Waals surface area contributed by atoms with E-state index in [9.17, 15) is 9.59 Å². The summed E-state index contributed by atoms with van der Waals surface area (Å²) >= 11 is 0. The highest BCUT2D eigenvalue weighted by Crippen LogP contribution is 2.61. The van der Waals surface area contributed by atoms with Crippen LogP contribution in [0.25, 0.3) is 0 Å². The van der Waals surface area contributed by atoms with Crippen molar-refractivity contribution in [1.82, 2.24) is 0 Å². The number of hydrogen-bond acceptors (Lipinski definition) is 3. The minimum Gasteiger partial charge on any atom is -0.481 e. The van der Waals surface area contributed by atoms with Crippen LogP contribution >= 0.6 is 0 Å². The third kappa shape index (κ3) is 0.904. The Morgan fingerprint density at radius 1 is 1.38 bits per heavy atom. The predicted molar refractivity (Wildman–Crippen MR) is 41.9 cm³/mol. The van der Waals surface area contributed by atoms with Gasteiger partial charge in [0.2, 0.25) is 0 Å². The zero-order valence-electron chi connectivity index (χ0n) is 6.93. The van der Waals surface area contributed by atoms with E-state index in [0.717, 1.165) is 0 Å². The van der Waals surface area contributed by atoms with E-state index in [1.54, 1.807) is 0 Å². The van der Waals surface area contributed by atoms with Gasteiger partial charge in [0.15, 0.2) is 0 Å². The van der Waals surface area contributed by atoms with Crippen LogP contribution in [0.4, 0.5) is 0 Å². The number of hydrogen-bond donors (Lipinski definition) is 3. The number of carboxylic acids is 2. The van der Waals surface area contributed by atoms with Gasteiger partial charge < -0.3 is 15.9 Å². The Morgan fingerprint density at radius 3 is 2.38 bits per heavy atom. The number of rotatable bonds is 2.